The zero-order valence-electron chi connectivity index (χ0n) is 26.2. The van der Waals surface area contributed by atoms with Crippen LogP contribution < -0.4 is 5.32 Å². The Balaban J connectivity index is 1.09. The molecule has 1 unspecified atom stereocenters. The number of unbranched alkanes of at least 4 members (excludes halogenated alkanes) is 2. The van der Waals surface area contributed by atoms with E-state index in [1.165, 1.54) is 82.6 Å². The summed E-state index contributed by atoms with van der Waals surface area (Å²) in [6.07, 6.45) is 26.1. The van der Waals surface area contributed by atoms with E-state index in [1.54, 1.807) is 6.42 Å². The van der Waals surface area contributed by atoms with Crippen molar-refractivity contribution in [3.05, 3.63) is 36.3 Å². The zero-order chi connectivity index (χ0) is 27.9. The number of aryl methyl sites for hydroxylation is 1. The summed E-state index contributed by atoms with van der Waals surface area (Å²) in [6.45, 7) is 12.4. The van der Waals surface area contributed by atoms with Crippen molar-refractivity contribution in [1.29, 1.82) is 0 Å². The number of hydrogen-bond acceptors (Lipinski definition) is 3. The normalized spacial score (nSPS) is 37.8. The molecule has 2 aromatic rings. The summed E-state index contributed by atoms with van der Waals surface area (Å²) in [5.74, 6) is 6.63. The number of nitrogens with zero attached hydrogens (tertiary/aromatic N) is 3. The molecule has 0 saturated heterocycles. The second-order valence-corrected chi connectivity index (χ2v) is 15.0. The molecule has 4 saturated carbocycles. The highest BCUT2D eigenvalue weighted by atomic mass is 15.3. The lowest BCUT2D eigenvalue weighted by Gasteiger charge is -2.61. The lowest BCUT2D eigenvalue weighted by Crippen LogP contribution is -2.54. The number of aromatic nitrogens is 3. The van der Waals surface area contributed by atoms with Crippen LogP contribution in [0, 0.1) is 46.3 Å². The Kier molecular flexibility index (Phi) is 8.09. The minimum Gasteiger partial charge on any atom is -0.367 e. The van der Waals surface area contributed by atoms with Crippen molar-refractivity contribution in [1.82, 2.24) is 14.8 Å². The van der Waals surface area contributed by atoms with Gasteiger partial charge >= 0.3 is 0 Å². The molecule has 0 aliphatic heterocycles. The van der Waals surface area contributed by atoms with E-state index in [9.17, 15) is 0 Å². The molecule has 1 N–H and O–H groups in total. The van der Waals surface area contributed by atoms with Crippen LogP contribution >= 0.6 is 0 Å². The predicted molar refractivity (Wildman–Crippen MR) is 167 cm³/mol. The van der Waals surface area contributed by atoms with Crippen molar-refractivity contribution in [2.75, 3.05) is 5.32 Å². The molecular weight excluding hydrogens is 488 g/mol. The zero-order valence-corrected chi connectivity index (χ0v) is 26.2. The van der Waals surface area contributed by atoms with Crippen LogP contribution in [0.25, 0.3) is 5.69 Å². The number of nitrogens with one attached hydrogen (secondary N) is 1. The third-order valence-corrected chi connectivity index (χ3v) is 13.1. The summed E-state index contributed by atoms with van der Waals surface area (Å²) in [4.78, 5) is 4.81. The van der Waals surface area contributed by atoms with Gasteiger partial charge in [-0.3, -0.25) is 0 Å². The lowest BCUT2D eigenvalue weighted by atomic mass is 9.44. The second kappa shape index (κ2) is 11.4. The standard InChI is InChI=1S/C36H56N4/c1-6-8-9-10-27-17-19-35(4)28(21-27)11-13-30-32-15-14-31(36(32,5)20-18-33(30)35)25(3)39-34-16-12-29(23-37-34)40-24-26(7-2)22-38-40/h12,16,22-25,27-28,30-33H,6-11,13-15,17-21H2,1-5H3,(H,37,39)/t25-,27+,28-,30+,31-,32?,33+,35+,36-/m1/s1. The summed E-state index contributed by atoms with van der Waals surface area (Å²) >= 11 is 0. The average Bonchev–Trinajstić information content (AvgIpc) is 3.58. The average molecular weight is 545 g/mol. The van der Waals surface area contributed by atoms with Gasteiger partial charge in [0.15, 0.2) is 0 Å². The quantitative estimate of drug-likeness (QED) is 0.320. The first kappa shape index (κ1) is 28.3. The van der Waals surface area contributed by atoms with Gasteiger partial charge < -0.3 is 5.32 Å². The number of rotatable bonds is 9. The molecule has 4 heteroatoms. The highest BCUT2D eigenvalue weighted by Crippen LogP contribution is 2.68. The van der Waals surface area contributed by atoms with Gasteiger partial charge in [0.25, 0.3) is 0 Å². The van der Waals surface area contributed by atoms with E-state index in [1.807, 2.05) is 17.1 Å². The van der Waals surface area contributed by atoms with Gasteiger partial charge in [0.1, 0.15) is 5.82 Å². The third-order valence-electron chi connectivity index (χ3n) is 13.1. The molecule has 0 radical (unpaired) electrons. The maximum atomic E-state index is 4.81. The summed E-state index contributed by atoms with van der Waals surface area (Å²) in [7, 11) is 0. The summed E-state index contributed by atoms with van der Waals surface area (Å²) in [6, 6.07) is 4.74. The van der Waals surface area contributed by atoms with Crippen LogP contribution in [-0.4, -0.2) is 20.8 Å². The molecule has 0 amide bonds. The molecule has 2 aromatic heterocycles. The van der Waals surface area contributed by atoms with Crippen LogP contribution in [0.2, 0.25) is 0 Å². The predicted octanol–water partition coefficient (Wildman–Crippen LogP) is 9.49. The van der Waals surface area contributed by atoms with E-state index < -0.39 is 0 Å². The van der Waals surface area contributed by atoms with Crippen LogP contribution in [0.3, 0.4) is 0 Å². The van der Waals surface area contributed by atoms with Crippen molar-refractivity contribution in [3.63, 3.8) is 0 Å². The third kappa shape index (κ3) is 5.04. The summed E-state index contributed by atoms with van der Waals surface area (Å²) < 4.78 is 1.94. The monoisotopic (exact) mass is 544 g/mol. The van der Waals surface area contributed by atoms with Crippen molar-refractivity contribution in [2.45, 2.75) is 131 Å². The SMILES string of the molecule is CCCCC[C@H]1CC[C@@]2(C)[C@H](CC[C@H]3C4CC[C@H]([C@@H](C)Nc5ccc(-n6cc(CC)cn6)cn5)[C@@]4(C)CC[C@@H]32)C1. The number of fused-ring (bicyclic) bond motifs is 5. The van der Waals surface area contributed by atoms with Gasteiger partial charge in [-0.25, -0.2) is 9.67 Å². The van der Waals surface area contributed by atoms with Gasteiger partial charge in [0.05, 0.1) is 18.1 Å². The van der Waals surface area contributed by atoms with Gasteiger partial charge in [0.2, 0.25) is 0 Å². The molecule has 40 heavy (non-hydrogen) atoms. The number of pyridine rings is 1. The summed E-state index contributed by atoms with van der Waals surface area (Å²) in [5, 5.41) is 8.35. The van der Waals surface area contributed by atoms with E-state index in [0.29, 0.717) is 16.9 Å². The molecule has 220 valence electrons. The number of anilines is 1. The van der Waals surface area contributed by atoms with Gasteiger partial charge in [-0.05, 0) is 135 Å². The first-order valence-electron chi connectivity index (χ1n) is 17.1. The summed E-state index contributed by atoms with van der Waals surface area (Å²) in [5.41, 5.74) is 3.38. The molecule has 2 heterocycles. The van der Waals surface area contributed by atoms with Gasteiger partial charge in [-0.1, -0.05) is 53.4 Å². The van der Waals surface area contributed by atoms with Crippen LogP contribution in [-0.2, 0) is 6.42 Å². The second-order valence-electron chi connectivity index (χ2n) is 15.0. The molecule has 0 spiro atoms. The highest BCUT2D eigenvalue weighted by Gasteiger charge is 2.60. The molecule has 0 bridgehead atoms. The Labute approximate surface area is 244 Å². The Bertz CT molecular complexity index is 1120. The van der Waals surface area contributed by atoms with E-state index in [0.717, 1.165) is 53.4 Å². The Morgan fingerprint density at radius 3 is 2.52 bits per heavy atom. The topological polar surface area (TPSA) is 42.7 Å². The molecule has 4 fully saturated rings. The van der Waals surface area contributed by atoms with E-state index in [-0.39, 0.29) is 0 Å². The van der Waals surface area contributed by atoms with Crippen molar-refractivity contribution in [3.8, 4) is 5.69 Å². The molecule has 4 nitrogen and oxygen atoms in total. The molecule has 9 atom stereocenters. The van der Waals surface area contributed by atoms with Crippen molar-refractivity contribution >= 4 is 5.82 Å². The smallest absolute Gasteiger partial charge is 0.126 e. The molecule has 6 rings (SSSR count). The molecule has 4 aliphatic rings. The van der Waals surface area contributed by atoms with Gasteiger partial charge in [-0.15, -0.1) is 0 Å². The molecule has 4 aliphatic carbocycles. The lowest BCUT2D eigenvalue weighted by molar-refractivity contribution is -0.119. The number of hydrogen-bond donors (Lipinski definition) is 1. The maximum absolute atomic E-state index is 4.81. The Hall–Kier alpha value is -1.84. The van der Waals surface area contributed by atoms with E-state index in [4.69, 9.17) is 4.98 Å². The van der Waals surface area contributed by atoms with Crippen LogP contribution in [0.15, 0.2) is 30.7 Å². The van der Waals surface area contributed by atoms with Crippen LogP contribution in [0.4, 0.5) is 5.82 Å². The first-order chi connectivity index (χ1) is 19.4. The van der Waals surface area contributed by atoms with Crippen LogP contribution in [0.1, 0.15) is 124 Å². The molecular formula is C36H56N4. The highest BCUT2D eigenvalue weighted by molar-refractivity contribution is 5.41. The minimum absolute atomic E-state index is 0.451. The Morgan fingerprint density at radius 1 is 0.950 bits per heavy atom. The fourth-order valence-electron chi connectivity index (χ4n) is 10.8. The fourth-order valence-corrected chi connectivity index (χ4v) is 10.8. The van der Waals surface area contributed by atoms with Crippen LogP contribution in [0.5, 0.6) is 0 Å². The first-order valence-corrected chi connectivity index (χ1v) is 17.1. The minimum atomic E-state index is 0.451. The van der Waals surface area contributed by atoms with Crippen molar-refractivity contribution in [2.24, 2.45) is 46.3 Å². The van der Waals surface area contributed by atoms with Crippen molar-refractivity contribution < 1.29 is 0 Å². The Morgan fingerprint density at radius 2 is 1.77 bits per heavy atom. The van der Waals surface area contributed by atoms with E-state index in [2.05, 4.69) is 63.4 Å². The maximum Gasteiger partial charge on any atom is 0.126 e. The van der Waals surface area contributed by atoms with Gasteiger partial charge in [-0.2, -0.15) is 5.10 Å². The fraction of sp³-hybridized carbons (Fsp3) is 0.778. The molecule has 0 aromatic carbocycles. The van der Waals surface area contributed by atoms with Gasteiger partial charge in [0, 0.05) is 12.2 Å². The van der Waals surface area contributed by atoms with E-state index >= 15 is 0 Å². The largest absolute Gasteiger partial charge is 0.367 e.